The van der Waals surface area contributed by atoms with Gasteiger partial charge in [-0.15, -0.1) is 0 Å². The van der Waals surface area contributed by atoms with Crippen molar-refractivity contribution in [3.8, 4) is 0 Å². The van der Waals surface area contributed by atoms with E-state index in [0.717, 1.165) is 36.8 Å². The maximum absolute atomic E-state index is 14.6. The van der Waals surface area contributed by atoms with Gasteiger partial charge in [-0.25, -0.2) is 4.79 Å². The van der Waals surface area contributed by atoms with Crippen LogP contribution in [-0.2, 0) is 41.7 Å². The van der Waals surface area contributed by atoms with E-state index >= 15 is 0 Å². The number of aliphatic carboxylic acids is 1. The van der Waals surface area contributed by atoms with Gasteiger partial charge in [-0.05, 0) is 74.8 Å². The number of aliphatic hydroxyl groups excluding tert-OH is 1. The average Bonchev–Trinajstić information content (AvgIpc) is 3.64. The zero-order valence-corrected chi connectivity index (χ0v) is 34.8. The lowest BCUT2D eigenvalue weighted by Gasteiger charge is -2.42. The fraction of sp³-hybridized carbons (Fsp3) is 0.659. The third-order valence-corrected chi connectivity index (χ3v) is 12.6. The van der Waals surface area contributed by atoms with Crippen molar-refractivity contribution in [2.75, 3.05) is 19.7 Å². The van der Waals surface area contributed by atoms with Crippen LogP contribution in [0.15, 0.2) is 34.3 Å². The van der Waals surface area contributed by atoms with Gasteiger partial charge in [0, 0.05) is 32.1 Å². The summed E-state index contributed by atoms with van der Waals surface area (Å²) in [5.41, 5.74) is 28.0. The van der Waals surface area contributed by atoms with Crippen LogP contribution in [0.5, 0.6) is 0 Å². The SMILES string of the molecule is NC(N)=NCCC[C@@H](N)C(=O)N[C@@H](CCCN=C(N)N)C(=O)NC1(C(=O)N[C@@H](CO)C(=O)N2Cc3ccccc3C[C@@H]2C(=O)N2C(C(=O)O)C[C@@H]3CCCC[C@@H]32)CCCCC1. The lowest BCUT2D eigenvalue weighted by Crippen LogP contribution is -2.66. The van der Waals surface area contributed by atoms with Crippen LogP contribution < -0.4 is 44.6 Å². The Labute approximate surface area is 355 Å². The zero-order valence-electron chi connectivity index (χ0n) is 34.8. The molecule has 5 rings (SSSR count). The van der Waals surface area contributed by atoms with Crippen molar-refractivity contribution in [2.24, 2.45) is 44.6 Å². The first kappa shape index (κ1) is 46.6. The molecule has 20 nitrogen and oxygen atoms in total. The van der Waals surface area contributed by atoms with Gasteiger partial charge in [0.1, 0.15) is 29.7 Å². The maximum Gasteiger partial charge on any atom is 0.326 e. The zero-order chi connectivity index (χ0) is 44.3. The van der Waals surface area contributed by atoms with Gasteiger partial charge in [0.25, 0.3) is 0 Å². The Hall–Kier alpha value is -5.50. The number of carboxylic acid groups (broad SMARTS) is 1. The van der Waals surface area contributed by atoms with Crippen molar-refractivity contribution >= 4 is 47.4 Å². The normalized spacial score (nSPS) is 23.2. The van der Waals surface area contributed by atoms with E-state index in [2.05, 4.69) is 25.9 Å². The van der Waals surface area contributed by atoms with Gasteiger partial charge in [-0.1, -0.05) is 56.4 Å². The summed E-state index contributed by atoms with van der Waals surface area (Å²) >= 11 is 0. The maximum atomic E-state index is 14.6. The standard InChI is InChI=1S/C41H64N12O8/c42-27(13-8-18-47-39(43)44)33(55)49-28(14-9-19-48-40(45)46)34(56)51-41(16-6-1-7-17-41)38(61)50-29(23-54)35(57)52-22-26-12-3-2-10-24(26)20-31(52)36(58)53-30-15-5-4-11-25(30)21-32(53)37(59)60/h2-3,10,12,25,27-32,54H,1,4-9,11,13-23,42H2,(H,49,55)(H,50,61)(H,51,56)(H,59,60)(H4,43,44,47)(H4,45,46,48)/t25-,27+,28-,29-,30-,31+,32?/m0/s1. The quantitative estimate of drug-likeness (QED) is 0.0453. The van der Waals surface area contributed by atoms with Crippen LogP contribution in [0.3, 0.4) is 0 Å². The molecule has 2 heterocycles. The number of aliphatic imine (C=N–C) groups is 2. The number of likely N-dealkylation sites (tertiary alicyclic amines) is 1. The van der Waals surface area contributed by atoms with Crippen LogP contribution >= 0.6 is 0 Å². The summed E-state index contributed by atoms with van der Waals surface area (Å²) in [6.45, 7) is -0.395. The third kappa shape index (κ3) is 11.7. The van der Waals surface area contributed by atoms with Crippen molar-refractivity contribution < 1.29 is 39.0 Å². The minimum Gasteiger partial charge on any atom is -0.480 e. The number of nitrogens with two attached hydrogens (primary N) is 5. The molecule has 0 aromatic heterocycles. The molecule has 1 saturated heterocycles. The number of nitrogens with zero attached hydrogens (tertiary/aromatic N) is 4. The predicted octanol–water partition coefficient (Wildman–Crippen LogP) is -1.60. The van der Waals surface area contributed by atoms with Crippen LogP contribution in [0.25, 0.3) is 0 Å². The second-order valence-corrected chi connectivity index (χ2v) is 16.8. The van der Waals surface area contributed by atoms with Gasteiger partial charge >= 0.3 is 5.97 Å². The van der Waals surface area contributed by atoms with Gasteiger partial charge < -0.3 is 64.6 Å². The molecule has 15 N–H and O–H groups in total. The lowest BCUT2D eigenvalue weighted by atomic mass is 9.80. The van der Waals surface area contributed by atoms with Crippen molar-refractivity contribution in [3.05, 3.63) is 35.4 Å². The molecule has 1 aromatic rings. The highest BCUT2D eigenvalue weighted by atomic mass is 16.4. The summed E-state index contributed by atoms with van der Waals surface area (Å²) in [7, 11) is 0. The Kier molecular flexibility index (Phi) is 16.3. The minimum atomic E-state index is -1.52. The summed E-state index contributed by atoms with van der Waals surface area (Å²) in [5.74, 6) is -4.41. The van der Waals surface area contributed by atoms with Crippen LogP contribution in [0, 0.1) is 5.92 Å². The second kappa shape index (κ2) is 21.3. The number of guanidine groups is 2. The fourth-order valence-corrected chi connectivity index (χ4v) is 9.42. The van der Waals surface area contributed by atoms with E-state index in [9.17, 15) is 39.0 Å². The number of hydrogen-bond donors (Lipinski definition) is 10. The van der Waals surface area contributed by atoms with Crippen LogP contribution in [-0.4, -0.2) is 129 Å². The molecule has 2 aliphatic carbocycles. The van der Waals surface area contributed by atoms with Crippen molar-refractivity contribution in [3.63, 3.8) is 0 Å². The van der Waals surface area contributed by atoms with Crippen molar-refractivity contribution in [1.29, 1.82) is 0 Å². The number of carbonyl (C=O) groups is 6. The summed E-state index contributed by atoms with van der Waals surface area (Å²) < 4.78 is 0. The van der Waals surface area contributed by atoms with E-state index in [0.29, 0.717) is 38.5 Å². The Morgan fingerprint density at radius 3 is 2.08 bits per heavy atom. The largest absolute Gasteiger partial charge is 0.480 e. The molecular weight excluding hydrogens is 789 g/mol. The van der Waals surface area contributed by atoms with Crippen LogP contribution in [0.2, 0.25) is 0 Å². The molecule has 1 aromatic carbocycles. The molecule has 7 atom stereocenters. The molecule has 336 valence electrons. The summed E-state index contributed by atoms with van der Waals surface area (Å²) in [4.78, 5) is 94.3. The number of amides is 5. The molecule has 2 aliphatic heterocycles. The van der Waals surface area contributed by atoms with Gasteiger partial charge in [-0.3, -0.25) is 34.0 Å². The van der Waals surface area contributed by atoms with E-state index in [-0.39, 0.29) is 75.6 Å². The Morgan fingerprint density at radius 1 is 0.803 bits per heavy atom. The first-order chi connectivity index (χ1) is 29.1. The van der Waals surface area contributed by atoms with E-state index in [1.54, 1.807) is 0 Å². The Bertz CT molecular complexity index is 1810. The number of carbonyl (C=O) groups excluding carboxylic acids is 5. The third-order valence-electron chi connectivity index (χ3n) is 12.6. The fourth-order valence-electron chi connectivity index (χ4n) is 9.42. The van der Waals surface area contributed by atoms with Gasteiger partial charge in [0.05, 0.1) is 12.6 Å². The highest BCUT2D eigenvalue weighted by Gasteiger charge is 2.51. The molecule has 4 aliphatic rings. The molecule has 2 saturated carbocycles. The highest BCUT2D eigenvalue weighted by Crippen LogP contribution is 2.41. The number of hydrogen-bond acceptors (Lipinski definition) is 10. The second-order valence-electron chi connectivity index (χ2n) is 16.8. The smallest absolute Gasteiger partial charge is 0.326 e. The van der Waals surface area contributed by atoms with Crippen LogP contribution in [0.1, 0.15) is 101 Å². The number of benzene rings is 1. The van der Waals surface area contributed by atoms with E-state index in [4.69, 9.17) is 28.7 Å². The number of carboxylic acids is 1. The molecule has 5 amide bonds. The van der Waals surface area contributed by atoms with Gasteiger partial charge in [0.2, 0.25) is 29.5 Å². The van der Waals surface area contributed by atoms with E-state index < -0.39 is 77.9 Å². The number of nitrogens with one attached hydrogen (secondary N) is 3. The van der Waals surface area contributed by atoms with E-state index in [1.165, 1.54) is 9.80 Å². The molecule has 1 unspecified atom stereocenters. The van der Waals surface area contributed by atoms with Gasteiger partial charge in [0.15, 0.2) is 11.9 Å². The molecule has 3 fully saturated rings. The Morgan fingerprint density at radius 2 is 1.44 bits per heavy atom. The van der Waals surface area contributed by atoms with Crippen molar-refractivity contribution in [1.82, 2.24) is 25.8 Å². The summed E-state index contributed by atoms with van der Waals surface area (Å²) in [6.07, 6.45) is 7.16. The molecule has 0 bridgehead atoms. The number of fused-ring (bicyclic) bond motifs is 2. The highest BCUT2D eigenvalue weighted by molar-refractivity contribution is 5.98. The first-order valence-electron chi connectivity index (χ1n) is 21.5. The monoisotopic (exact) mass is 852 g/mol. The first-order valence-corrected chi connectivity index (χ1v) is 21.5. The topological polar surface area (TPSA) is 340 Å². The van der Waals surface area contributed by atoms with Gasteiger partial charge in [-0.2, -0.15) is 0 Å². The Balaban J connectivity index is 1.36. The molecule has 61 heavy (non-hydrogen) atoms. The lowest BCUT2D eigenvalue weighted by molar-refractivity contribution is -0.156. The summed E-state index contributed by atoms with van der Waals surface area (Å²) in [6, 6.07) is 1.36. The molecule has 0 spiro atoms. The van der Waals surface area contributed by atoms with E-state index in [1.807, 2.05) is 24.3 Å². The predicted molar refractivity (Wildman–Crippen MR) is 226 cm³/mol. The molecule has 20 heteroatoms. The van der Waals surface area contributed by atoms with Crippen molar-refractivity contribution in [2.45, 2.75) is 145 Å². The number of aliphatic hydroxyl groups is 1. The summed E-state index contributed by atoms with van der Waals surface area (Å²) in [5, 5.41) is 29.3. The number of rotatable bonds is 18. The van der Waals surface area contributed by atoms with Crippen LogP contribution in [0.4, 0.5) is 0 Å². The average molecular weight is 853 g/mol. The molecule has 0 radical (unpaired) electrons. The molecular formula is C41H64N12O8. The minimum absolute atomic E-state index is 0.00299.